The van der Waals surface area contributed by atoms with E-state index in [1.54, 1.807) is 95.2 Å². The molecule has 3 saturated heterocycles. The Labute approximate surface area is 356 Å². The lowest BCUT2D eigenvalue weighted by atomic mass is 10.2. The fourth-order valence-electron chi connectivity index (χ4n) is 6.10. The fourth-order valence-corrected chi connectivity index (χ4v) is 7.04. The first-order valence-electron chi connectivity index (χ1n) is 19.7. The highest BCUT2D eigenvalue weighted by molar-refractivity contribution is 7.86. The highest BCUT2D eigenvalue weighted by Gasteiger charge is 2.50. The van der Waals surface area contributed by atoms with E-state index in [0.717, 1.165) is 5.56 Å². The normalized spacial score (nSPS) is 22.2. The first-order chi connectivity index (χ1) is 27.1. The number of aliphatic hydroxyl groups excluding tert-OH is 1. The molecule has 0 saturated carbocycles. The number of aryl methyl sites for hydroxylation is 1. The highest BCUT2D eigenvalue weighted by atomic mass is 32.2. The third-order valence-electron chi connectivity index (χ3n) is 8.81. The number of ether oxygens (including phenoxy) is 7. The van der Waals surface area contributed by atoms with Crippen LogP contribution in [-0.2, 0) is 52.3 Å². The van der Waals surface area contributed by atoms with Crippen LogP contribution in [-0.4, -0.2) is 145 Å². The number of benzene rings is 1. The van der Waals surface area contributed by atoms with Gasteiger partial charge < -0.3 is 38.3 Å². The number of nitrogens with zero attached hydrogens (tertiary/aromatic N) is 3. The van der Waals surface area contributed by atoms with Gasteiger partial charge in [0.25, 0.3) is 10.1 Å². The van der Waals surface area contributed by atoms with Crippen molar-refractivity contribution < 1.29 is 70.0 Å². The van der Waals surface area contributed by atoms with Gasteiger partial charge in [-0.05, 0) is 123 Å². The minimum Gasteiger partial charge on any atom is -0.467 e. The first kappa shape index (κ1) is 52.4. The number of carbonyl (C=O) groups is 4. The highest BCUT2D eigenvalue weighted by Crippen LogP contribution is 2.32. The van der Waals surface area contributed by atoms with E-state index < -0.39 is 80.4 Å². The Kier molecular flexibility index (Phi) is 17.1. The summed E-state index contributed by atoms with van der Waals surface area (Å²) in [6.07, 6.45) is -1.60. The molecule has 344 valence electrons. The molecule has 0 unspecified atom stereocenters. The van der Waals surface area contributed by atoms with Crippen LogP contribution in [0.25, 0.3) is 0 Å². The summed E-state index contributed by atoms with van der Waals surface area (Å²) in [5.41, 5.74) is -3.42. The molecule has 4 rings (SSSR count). The van der Waals surface area contributed by atoms with Crippen LogP contribution in [0, 0.1) is 6.92 Å². The van der Waals surface area contributed by atoms with Crippen LogP contribution in [0.2, 0.25) is 0 Å². The SMILES string of the molecule is CC(C)(C)OC(=O)N1[C@H](CO)COC1(C)C.COC(=O)[C@@H]1COC(C)(C)N1C(=O)OC(C)(C)C.Cc1ccc(S(=O)(=O)OC[C@@H]2COC(C)(C)N2C(=O)OC(C)(C)C)cc1. The molecule has 3 atom stereocenters. The minimum absolute atomic E-state index is 0.0742. The molecule has 0 aromatic heterocycles. The van der Waals surface area contributed by atoms with Gasteiger partial charge in [0.05, 0.1) is 57.1 Å². The van der Waals surface area contributed by atoms with Crippen LogP contribution >= 0.6 is 0 Å². The maximum absolute atomic E-state index is 12.5. The predicted molar refractivity (Wildman–Crippen MR) is 219 cm³/mol. The first-order valence-corrected chi connectivity index (χ1v) is 21.1. The standard InChI is InChI=1S/C18H27NO6S.C12H21NO5.C11H21NO4/c1-13-7-9-15(10-8-13)26(21,22)24-12-14-11-23-18(5,6)19(14)16(20)25-17(2,3)4;1-11(2,3)18-10(15)13-8(9(14)16-6)7-17-12(13,4)5;1-10(2,3)16-9(14)12-8(6-13)7-15-11(12,4)5/h7-10,14H,11-12H2,1-6H3;8H,7H2,1-6H3;8,13H,6-7H2,1-5H3/t14-;2*8-/m001/s1. The van der Waals surface area contributed by atoms with E-state index in [2.05, 4.69) is 4.74 Å². The Bertz CT molecular complexity index is 1740. The zero-order valence-corrected chi connectivity index (χ0v) is 39.3. The molecular formula is C41H69N3O15S. The molecule has 3 aliphatic heterocycles. The summed E-state index contributed by atoms with van der Waals surface area (Å²) < 4.78 is 67.1. The second kappa shape index (κ2) is 19.5. The lowest BCUT2D eigenvalue weighted by Gasteiger charge is -2.34. The summed E-state index contributed by atoms with van der Waals surface area (Å²) in [4.78, 5) is 52.5. The van der Waals surface area contributed by atoms with Gasteiger partial charge in [0, 0.05) is 0 Å². The van der Waals surface area contributed by atoms with Crippen LogP contribution in [0.4, 0.5) is 14.4 Å². The van der Waals surface area contributed by atoms with Crippen molar-refractivity contribution >= 4 is 34.4 Å². The van der Waals surface area contributed by atoms with Crippen LogP contribution in [0.15, 0.2) is 29.2 Å². The molecule has 1 aromatic rings. The lowest BCUT2D eigenvalue weighted by molar-refractivity contribution is -0.146. The summed E-state index contributed by atoms with van der Waals surface area (Å²) in [5.74, 6) is -0.508. The van der Waals surface area contributed by atoms with Crippen molar-refractivity contribution in [2.24, 2.45) is 0 Å². The van der Waals surface area contributed by atoms with Gasteiger partial charge in [-0.25, -0.2) is 19.2 Å². The molecule has 1 aromatic carbocycles. The summed E-state index contributed by atoms with van der Waals surface area (Å²) in [7, 11) is -2.64. The fraction of sp³-hybridized carbons (Fsp3) is 0.756. The maximum Gasteiger partial charge on any atom is 0.413 e. The van der Waals surface area contributed by atoms with Crippen LogP contribution in [0.1, 0.15) is 109 Å². The van der Waals surface area contributed by atoms with Crippen molar-refractivity contribution in [3.8, 4) is 0 Å². The summed E-state index contributed by atoms with van der Waals surface area (Å²) in [6, 6.07) is 4.72. The Morgan fingerprint density at radius 3 is 1.43 bits per heavy atom. The Balaban J connectivity index is 0.000000323. The van der Waals surface area contributed by atoms with Gasteiger partial charge in [-0.15, -0.1) is 0 Å². The van der Waals surface area contributed by atoms with Crippen molar-refractivity contribution in [2.75, 3.05) is 40.1 Å². The molecule has 3 fully saturated rings. The largest absolute Gasteiger partial charge is 0.467 e. The number of esters is 1. The molecule has 3 heterocycles. The molecule has 3 aliphatic rings. The van der Waals surface area contributed by atoms with Crippen LogP contribution in [0.3, 0.4) is 0 Å². The van der Waals surface area contributed by atoms with E-state index in [4.69, 9.17) is 32.6 Å². The van der Waals surface area contributed by atoms with Crippen LogP contribution in [0.5, 0.6) is 0 Å². The summed E-state index contributed by atoms with van der Waals surface area (Å²) in [5, 5.41) is 9.19. The Morgan fingerprint density at radius 2 is 1.03 bits per heavy atom. The van der Waals surface area contributed by atoms with E-state index in [-0.39, 0.29) is 37.4 Å². The zero-order chi connectivity index (χ0) is 46.4. The van der Waals surface area contributed by atoms with Crippen molar-refractivity contribution in [3.63, 3.8) is 0 Å². The molecule has 19 heteroatoms. The topological polar surface area (TPSA) is 206 Å². The third kappa shape index (κ3) is 15.0. The Morgan fingerprint density at radius 1 is 0.667 bits per heavy atom. The van der Waals surface area contributed by atoms with Crippen LogP contribution < -0.4 is 0 Å². The quantitative estimate of drug-likeness (QED) is 0.199. The molecule has 60 heavy (non-hydrogen) atoms. The number of hydrogen-bond donors (Lipinski definition) is 1. The maximum atomic E-state index is 12.5. The second-order valence-corrected chi connectivity index (χ2v) is 20.5. The number of hydrogen-bond acceptors (Lipinski definition) is 15. The number of methoxy groups -OCH3 is 1. The van der Waals surface area contributed by atoms with Gasteiger partial charge >= 0.3 is 24.2 Å². The summed E-state index contributed by atoms with van der Waals surface area (Å²) >= 11 is 0. The number of amides is 3. The van der Waals surface area contributed by atoms with E-state index in [0.29, 0.717) is 6.61 Å². The van der Waals surface area contributed by atoms with Gasteiger partial charge in [0.2, 0.25) is 0 Å². The molecule has 1 N–H and O–H groups in total. The minimum atomic E-state index is -3.92. The van der Waals surface area contributed by atoms with Crippen molar-refractivity contribution in [2.45, 2.75) is 168 Å². The molecule has 18 nitrogen and oxygen atoms in total. The van der Waals surface area contributed by atoms with Gasteiger partial charge in [0.1, 0.15) is 34.0 Å². The van der Waals surface area contributed by atoms with Gasteiger partial charge in [-0.3, -0.25) is 18.9 Å². The second-order valence-electron chi connectivity index (χ2n) is 18.9. The smallest absolute Gasteiger partial charge is 0.413 e. The molecule has 3 amide bonds. The summed E-state index contributed by atoms with van der Waals surface area (Å²) in [6.45, 7) is 28.6. The Hall–Kier alpha value is -3.75. The van der Waals surface area contributed by atoms with Crippen molar-refractivity contribution in [1.29, 1.82) is 0 Å². The number of rotatable bonds is 6. The average Bonchev–Trinajstić information content (AvgIpc) is 3.69. The van der Waals surface area contributed by atoms with Crippen molar-refractivity contribution in [1.82, 2.24) is 14.7 Å². The van der Waals surface area contributed by atoms with Crippen molar-refractivity contribution in [3.05, 3.63) is 29.8 Å². The lowest BCUT2D eigenvalue weighted by Crippen LogP contribution is -2.52. The van der Waals surface area contributed by atoms with E-state index in [1.807, 2.05) is 27.7 Å². The van der Waals surface area contributed by atoms with E-state index in [9.17, 15) is 32.7 Å². The van der Waals surface area contributed by atoms with E-state index >= 15 is 0 Å². The third-order valence-corrected chi connectivity index (χ3v) is 10.1. The molecule has 0 radical (unpaired) electrons. The predicted octanol–water partition coefficient (Wildman–Crippen LogP) is 5.95. The molecular weight excluding hydrogens is 807 g/mol. The van der Waals surface area contributed by atoms with Gasteiger partial charge in [-0.1, -0.05) is 17.7 Å². The molecule has 0 aliphatic carbocycles. The van der Waals surface area contributed by atoms with E-state index in [1.165, 1.54) is 33.9 Å². The molecule has 0 spiro atoms. The average molecular weight is 876 g/mol. The number of carbonyl (C=O) groups excluding carboxylic acids is 4. The monoisotopic (exact) mass is 875 g/mol. The number of aliphatic hydroxyl groups is 1. The van der Waals surface area contributed by atoms with Gasteiger partial charge in [-0.2, -0.15) is 8.42 Å². The molecule has 0 bridgehead atoms. The van der Waals surface area contributed by atoms with Gasteiger partial charge in [0.15, 0.2) is 6.04 Å². The zero-order valence-electron chi connectivity index (χ0n) is 38.5.